The Bertz CT molecular complexity index is 379. The molecule has 20 heavy (non-hydrogen) atoms. The lowest BCUT2D eigenvalue weighted by atomic mass is 10.1. The van der Waals surface area contributed by atoms with Crippen LogP contribution < -0.4 is 11.1 Å². The predicted octanol–water partition coefficient (Wildman–Crippen LogP) is 1.74. The van der Waals surface area contributed by atoms with E-state index in [1.807, 2.05) is 30.3 Å². The van der Waals surface area contributed by atoms with Gasteiger partial charge in [-0.15, -0.1) is 0 Å². The third-order valence-corrected chi connectivity index (χ3v) is 2.85. The van der Waals surface area contributed by atoms with Crippen LogP contribution in [0.5, 0.6) is 0 Å². The van der Waals surface area contributed by atoms with Gasteiger partial charge >= 0.3 is 0 Å². The number of nitrogens with two attached hydrogens (primary N) is 1. The highest BCUT2D eigenvalue weighted by molar-refractivity contribution is 5.81. The summed E-state index contributed by atoms with van der Waals surface area (Å²) >= 11 is 0. The average molecular weight is 278 g/mol. The van der Waals surface area contributed by atoms with Gasteiger partial charge in [0.25, 0.3) is 0 Å². The van der Waals surface area contributed by atoms with Crippen molar-refractivity contribution in [2.45, 2.75) is 32.7 Å². The van der Waals surface area contributed by atoms with Crippen molar-refractivity contribution in [2.75, 3.05) is 19.8 Å². The van der Waals surface area contributed by atoms with Gasteiger partial charge in [-0.1, -0.05) is 44.2 Å². The Labute approximate surface area is 121 Å². The van der Waals surface area contributed by atoms with Gasteiger partial charge in [0.15, 0.2) is 0 Å². The van der Waals surface area contributed by atoms with E-state index >= 15 is 0 Å². The van der Waals surface area contributed by atoms with E-state index in [9.17, 15) is 4.79 Å². The van der Waals surface area contributed by atoms with Gasteiger partial charge in [-0.25, -0.2) is 0 Å². The van der Waals surface area contributed by atoms with Crippen molar-refractivity contribution in [1.82, 2.24) is 5.32 Å². The summed E-state index contributed by atoms with van der Waals surface area (Å²) in [5.41, 5.74) is 6.97. The van der Waals surface area contributed by atoms with Gasteiger partial charge in [-0.2, -0.15) is 0 Å². The maximum Gasteiger partial charge on any atom is 0.237 e. The van der Waals surface area contributed by atoms with Gasteiger partial charge in [0.05, 0.1) is 6.04 Å². The number of benzene rings is 1. The molecule has 0 saturated carbocycles. The van der Waals surface area contributed by atoms with Crippen LogP contribution in [0.15, 0.2) is 30.3 Å². The molecule has 1 rings (SSSR count). The molecule has 0 heterocycles. The summed E-state index contributed by atoms with van der Waals surface area (Å²) < 4.78 is 5.45. The largest absolute Gasteiger partial charge is 0.381 e. The fraction of sp³-hybridized carbons (Fsp3) is 0.562. The molecule has 4 heteroatoms. The monoisotopic (exact) mass is 278 g/mol. The van der Waals surface area contributed by atoms with E-state index in [0.29, 0.717) is 25.5 Å². The highest BCUT2D eigenvalue weighted by Gasteiger charge is 2.12. The second-order valence-electron chi connectivity index (χ2n) is 5.41. The van der Waals surface area contributed by atoms with E-state index in [1.54, 1.807) is 0 Å². The van der Waals surface area contributed by atoms with E-state index in [1.165, 1.54) is 0 Å². The van der Waals surface area contributed by atoms with Crippen molar-refractivity contribution in [2.24, 2.45) is 11.7 Å². The molecule has 1 amide bonds. The molecule has 0 unspecified atom stereocenters. The molecule has 0 radical (unpaired) electrons. The Morgan fingerprint density at radius 1 is 1.30 bits per heavy atom. The van der Waals surface area contributed by atoms with Crippen molar-refractivity contribution in [1.29, 1.82) is 0 Å². The number of amides is 1. The summed E-state index contributed by atoms with van der Waals surface area (Å²) in [4.78, 5) is 11.8. The number of ether oxygens (including phenoxy) is 1. The molecule has 3 N–H and O–H groups in total. The maximum atomic E-state index is 11.8. The van der Waals surface area contributed by atoms with Crippen molar-refractivity contribution < 1.29 is 9.53 Å². The van der Waals surface area contributed by atoms with Crippen molar-refractivity contribution in [3.63, 3.8) is 0 Å². The van der Waals surface area contributed by atoms with E-state index < -0.39 is 6.04 Å². The number of nitrogens with one attached hydrogen (secondary N) is 1. The molecule has 0 bridgehead atoms. The van der Waals surface area contributed by atoms with E-state index in [2.05, 4.69) is 19.2 Å². The smallest absolute Gasteiger partial charge is 0.237 e. The summed E-state index contributed by atoms with van der Waals surface area (Å²) in [5, 5.41) is 2.85. The Kier molecular flexibility index (Phi) is 7.92. The van der Waals surface area contributed by atoms with Crippen molar-refractivity contribution >= 4 is 5.91 Å². The quantitative estimate of drug-likeness (QED) is 0.676. The van der Waals surface area contributed by atoms with Crippen LogP contribution in [-0.4, -0.2) is 31.7 Å². The lowest BCUT2D eigenvalue weighted by Gasteiger charge is -2.12. The zero-order valence-electron chi connectivity index (χ0n) is 12.5. The Morgan fingerprint density at radius 3 is 2.65 bits per heavy atom. The molecule has 0 fully saturated rings. The second-order valence-corrected chi connectivity index (χ2v) is 5.41. The fourth-order valence-electron chi connectivity index (χ4n) is 1.80. The van der Waals surface area contributed by atoms with Crippen LogP contribution in [0.4, 0.5) is 0 Å². The summed E-state index contributed by atoms with van der Waals surface area (Å²) in [5.74, 6) is 0.446. The topological polar surface area (TPSA) is 64.3 Å². The molecular weight excluding hydrogens is 252 g/mol. The fourth-order valence-corrected chi connectivity index (χ4v) is 1.80. The second kappa shape index (κ2) is 9.50. The first kappa shape index (κ1) is 16.7. The highest BCUT2D eigenvalue weighted by Crippen LogP contribution is 2.01. The van der Waals surface area contributed by atoms with Crippen LogP contribution in [0.3, 0.4) is 0 Å². The molecule has 0 spiro atoms. The molecule has 4 nitrogen and oxygen atoms in total. The first-order valence-electron chi connectivity index (χ1n) is 7.24. The summed E-state index contributed by atoms with van der Waals surface area (Å²) in [6.07, 6.45) is 1.38. The van der Waals surface area contributed by atoms with Gasteiger partial charge in [-0.05, 0) is 24.3 Å². The van der Waals surface area contributed by atoms with Crippen LogP contribution in [0, 0.1) is 5.92 Å². The van der Waals surface area contributed by atoms with Gasteiger partial charge < -0.3 is 15.8 Å². The maximum absolute atomic E-state index is 11.8. The molecule has 0 aliphatic carbocycles. The lowest BCUT2D eigenvalue weighted by molar-refractivity contribution is -0.122. The molecule has 0 saturated heterocycles. The third kappa shape index (κ3) is 7.26. The molecular formula is C16H26N2O2. The molecule has 0 aromatic heterocycles. The molecule has 1 aromatic carbocycles. The standard InChI is InChI=1S/C16H26N2O2/c1-13(2)12-20-10-6-9-18-16(19)15(17)11-14-7-4-3-5-8-14/h3-5,7-8,13,15H,6,9-12,17H2,1-2H3,(H,18,19)/t15-/m1/s1. The van der Waals surface area contributed by atoms with Gasteiger partial charge in [0.1, 0.15) is 0 Å². The third-order valence-electron chi connectivity index (χ3n) is 2.85. The Hall–Kier alpha value is -1.39. The SMILES string of the molecule is CC(C)COCCCNC(=O)[C@H](N)Cc1ccccc1. The molecule has 1 aromatic rings. The van der Waals surface area contributed by atoms with Crippen LogP contribution in [0.2, 0.25) is 0 Å². The van der Waals surface area contributed by atoms with Gasteiger partial charge in [0.2, 0.25) is 5.91 Å². The average Bonchev–Trinajstić information content (AvgIpc) is 2.43. The lowest BCUT2D eigenvalue weighted by Crippen LogP contribution is -2.42. The van der Waals surface area contributed by atoms with Crippen LogP contribution in [-0.2, 0) is 16.0 Å². The van der Waals surface area contributed by atoms with Gasteiger partial charge in [-0.3, -0.25) is 4.79 Å². The van der Waals surface area contributed by atoms with E-state index in [0.717, 1.165) is 18.6 Å². The molecule has 0 aliphatic rings. The van der Waals surface area contributed by atoms with Gasteiger partial charge in [0, 0.05) is 19.8 Å². The number of carbonyl (C=O) groups excluding carboxylic acids is 1. The Morgan fingerprint density at radius 2 is 2.00 bits per heavy atom. The minimum Gasteiger partial charge on any atom is -0.381 e. The van der Waals surface area contributed by atoms with Crippen LogP contribution in [0.25, 0.3) is 0 Å². The highest BCUT2D eigenvalue weighted by atomic mass is 16.5. The van der Waals surface area contributed by atoms with Crippen LogP contribution >= 0.6 is 0 Å². The normalized spacial score (nSPS) is 12.4. The summed E-state index contributed by atoms with van der Waals surface area (Å²) in [6, 6.07) is 9.32. The number of carbonyl (C=O) groups is 1. The zero-order chi connectivity index (χ0) is 14.8. The first-order valence-corrected chi connectivity index (χ1v) is 7.24. The summed E-state index contributed by atoms with van der Waals surface area (Å²) in [7, 11) is 0. The zero-order valence-corrected chi connectivity index (χ0v) is 12.5. The minimum absolute atomic E-state index is 0.0993. The minimum atomic E-state index is -0.492. The number of hydrogen-bond donors (Lipinski definition) is 2. The number of rotatable bonds is 9. The van der Waals surface area contributed by atoms with E-state index in [-0.39, 0.29) is 5.91 Å². The van der Waals surface area contributed by atoms with Crippen LogP contribution in [0.1, 0.15) is 25.8 Å². The summed E-state index contributed by atoms with van der Waals surface area (Å²) in [6.45, 7) is 6.28. The molecule has 112 valence electrons. The predicted molar refractivity (Wildman–Crippen MR) is 81.4 cm³/mol. The molecule has 1 atom stereocenters. The molecule has 0 aliphatic heterocycles. The van der Waals surface area contributed by atoms with E-state index in [4.69, 9.17) is 10.5 Å². The van der Waals surface area contributed by atoms with Crippen molar-refractivity contribution in [3.05, 3.63) is 35.9 Å². The van der Waals surface area contributed by atoms with Crippen molar-refractivity contribution in [3.8, 4) is 0 Å². The number of hydrogen-bond acceptors (Lipinski definition) is 3. The Balaban J connectivity index is 2.13. The first-order chi connectivity index (χ1) is 9.59.